The van der Waals surface area contributed by atoms with Crippen molar-refractivity contribution >= 4 is 27.2 Å². The molecule has 5 heteroatoms. The highest BCUT2D eigenvalue weighted by molar-refractivity contribution is 6.08. The van der Waals surface area contributed by atoms with Crippen molar-refractivity contribution in [1.82, 2.24) is 0 Å². The Hall–Kier alpha value is -4.12. The summed E-state index contributed by atoms with van der Waals surface area (Å²) in [5, 5.41) is 16.2. The second kappa shape index (κ2) is 10.6. The molecule has 1 heterocycles. The lowest BCUT2D eigenvalue weighted by Crippen LogP contribution is -2.21. The van der Waals surface area contributed by atoms with Crippen LogP contribution in [0.2, 0.25) is 0 Å². The standard InChI is InChI=1S/C26H23NO3.C5H6O/c1-17-14-21(27(28)29)9-13-26(17)30-16-18-6-10-23-20(15-18)8-12-24-22-5-3-2-4-19(22)7-11-25(23)24;1-2-4-6-5-3-1/h2-5,7-9,11-14,18H,6,10,15-16H2,1H3;1-4H,5H2. The predicted molar refractivity (Wildman–Crippen MR) is 145 cm³/mol. The van der Waals surface area contributed by atoms with Crippen LogP contribution in [-0.4, -0.2) is 18.1 Å². The van der Waals surface area contributed by atoms with E-state index in [1.54, 1.807) is 18.4 Å². The monoisotopic (exact) mass is 479 g/mol. The summed E-state index contributed by atoms with van der Waals surface area (Å²) in [6.07, 6.45) is 10.6. The maximum Gasteiger partial charge on any atom is 0.269 e. The van der Waals surface area contributed by atoms with Crippen molar-refractivity contribution in [3.05, 3.63) is 118 Å². The van der Waals surface area contributed by atoms with E-state index in [-0.39, 0.29) is 10.6 Å². The molecule has 2 aliphatic rings. The highest BCUT2D eigenvalue weighted by Gasteiger charge is 2.22. The number of fused-ring (bicyclic) bond motifs is 5. The van der Waals surface area contributed by atoms with Crippen molar-refractivity contribution in [2.75, 3.05) is 13.2 Å². The van der Waals surface area contributed by atoms with Crippen molar-refractivity contribution in [2.24, 2.45) is 5.92 Å². The van der Waals surface area contributed by atoms with Crippen LogP contribution in [0.1, 0.15) is 23.1 Å². The molecular formula is C31H29NO4. The van der Waals surface area contributed by atoms with Gasteiger partial charge in [0.25, 0.3) is 5.69 Å². The zero-order valence-corrected chi connectivity index (χ0v) is 20.4. The number of hydrogen-bond acceptors (Lipinski definition) is 4. The van der Waals surface area contributed by atoms with Gasteiger partial charge in [-0.2, -0.15) is 0 Å². The van der Waals surface area contributed by atoms with E-state index in [1.807, 2.05) is 25.2 Å². The molecule has 0 amide bonds. The molecule has 1 aliphatic carbocycles. The van der Waals surface area contributed by atoms with E-state index < -0.39 is 0 Å². The number of nitrogens with zero attached hydrogens (tertiary/aromatic N) is 1. The molecule has 4 aromatic carbocycles. The van der Waals surface area contributed by atoms with Gasteiger partial charge in [-0.15, -0.1) is 0 Å². The minimum absolute atomic E-state index is 0.103. The van der Waals surface area contributed by atoms with E-state index in [4.69, 9.17) is 9.47 Å². The zero-order chi connectivity index (χ0) is 24.9. The maximum atomic E-state index is 10.9. The summed E-state index contributed by atoms with van der Waals surface area (Å²) in [6.45, 7) is 3.22. The van der Waals surface area contributed by atoms with Crippen LogP contribution in [0.4, 0.5) is 5.69 Å². The largest absolute Gasteiger partial charge is 0.497 e. The molecular weight excluding hydrogens is 450 g/mol. The molecule has 5 nitrogen and oxygen atoms in total. The number of allylic oxidation sites excluding steroid dienone is 2. The summed E-state index contributed by atoms with van der Waals surface area (Å²) >= 11 is 0. The molecule has 0 N–H and O–H groups in total. The molecule has 182 valence electrons. The highest BCUT2D eigenvalue weighted by Crippen LogP contribution is 2.35. The molecule has 0 saturated heterocycles. The van der Waals surface area contributed by atoms with Crippen molar-refractivity contribution in [1.29, 1.82) is 0 Å². The van der Waals surface area contributed by atoms with E-state index in [0.29, 0.717) is 12.5 Å². The Bertz CT molecular complexity index is 1460. The van der Waals surface area contributed by atoms with E-state index in [0.717, 1.165) is 37.2 Å². The summed E-state index contributed by atoms with van der Waals surface area (Å²) in [5.74, 6) is 1.18. The first-order valence-electron chi connectivity index (χ1n) is 12.3. The van der Waals surface area contributed by atoms with Gasteiger partial charge in [-0.25, -0.2) is 0 Å². The lowest BCUT2D eigenvalue weighted by Gasteiger charge is -2.26. The number of nitro benzene ring substituents is 1. The Morgan fingerprint density at radius 3 is 2.58 bits per heavy atom. The Morgan fingerprint density at radius 1 is 1.00 bits per heavy atom. The van der Waals surface area contributed by atoms with Gasteiger partial charge in [-0.05, 0) is 88.6 Å². The highest BCUT2D eigenvalue weighted by atomic mass is 16.6. The van der Waals surface area contributed by atoms with Crippen LogP contribution in [-0.2, 0) is 17.6 Å². The Kier molecular flexibility index (Phi) is 6.99. The molecule has 1 atom stereocenters. The van der Waals surface area contributed by atoms with Crippen LogP contribution < -0.4 is 4.74 Å². The number of non-ortho nitro benzene ring substituents is 1. The first-order valence-corrected chi connectivity index (χ1v) is 12.3. The molecule has 6 rings (SSSR count). The fraction of sp³-hybridized carbons (Fsp3) is 0.226. The average molecular weight is 480 g/mol. The third-order valence-corrected chi connectivity index (χ3v) is 6.90. The average Bonchev–Trinajstić information content (AvgIpc) is 2.93. The summed E-state index contributed by atoms with van der Waals surface area (Å²) in [7, 11) is 0. The van der Waals surface area contributed by atoms with Gasteiger partial charge in [0, 0.05) is 12.1 Å². The van der Waals surface area contributed by atoms with Crippen LogP contribution in [0.25, 0.3) is 21.5 Å². The minimum Gasteiger partial charge on any atom is -0.497 e. The molecule has 0 bridgehead atoms. The van der Waals surface area contributed by atoms with Gasteiger partial charge in [-0.1, -0.05) is 54.6 Å². The van der Waals surface area contributed by atoms with Crippen molar-refractivity contribution in [3.8, 4) is 5.75 Å². The predicted octanol–water partition coefficient (Wildman–Crippen LogP) is 7.48. The van der Waals surface area contributed by atoms with Crippen LogP contribution in [0.5, 0.6) is 5.75 Å². The number of hydrogen-bond donors (Lipinski definition) is 0. The smallest absolute Gasteiger partial charge is 0.269 e. The quantitative estimate of drug-likeness (QED) is 0.173. The van der Waals surface area contributed by atoms with E-state index >= 15 is 0 Å². The molecule has 0 saturated carbocycles. The van der Waals surface area contributed by atoms with Gasteiger partial charge in [0.15, 0.2) is 0 Å². The fourth-order valence-electron chi connectivity index (χ4n) is 5.05. The molecule has 1 unspecified atom stereocenters. The van der Waals surface area contributed by atoms with Crippen LogP contribution in [0, 0.1) is 23.0 Å². The van der Waals surface area contributed by atoms with Crippen molar-refractivity contribution in [2.45, 2.75) is 26.2 Å². The van der Waals surface area contributed by atoms with Gasteiger partial charge in [-0.3, -0.25) is 10.1 Å². The van der Waals surface area contributed by atoms with Crippen LogP contribution in [0.15, 0.2) is 91.2 Å². The second-order valence-electron chi connectivity index (χ2n) is 9.30. The second-order valence-corrected chi connectivity index (χ2v) is 9.30. The Morgan fingerprint density at radius 2 is 1.86 bits per heavy atom. The molecule has 0 fully saturated rings. The number of benzene rings is 4. The molecule has 1 aliphatic heterocycles. The normalized spacial score (nSPS) is 16.1. The van der Waals surface area contributed by atoms with Crippen molar-refractivity contribution in [3.63, 3.8) is 0 Å². The van der Waals surface area contributed by atoms with Gasteiger partial charge in [0.1, 0.15) is 12.4 Å². The molecule has 4 aromatic rings. The zero-order valence-electron chi connectivity index (χ0n) is 20.4. The van der Waals surface area contributed by atoms with Gasteiger partial charge < -0.3 is 9.47 Å². The Balaban J connectivity index is 0.000000391. The van der Waals surface area contributed by atoms with Crippen LogP contribution in [0.3, 0.4) is 0 Å². The number of nitro groups is 1. The number of ether oxygens (including phenoxy) is 2. The number of aryl methyl sites for hydroxylation is 2. The molecule has 0 radical (unpaired) electrons. The summed E-state index contributed by atoms with van der Waals surface area (Å²) in [6, 6.07) is 22.4. The van der Waals surface area contributed by atoms with E-state index in [9.17, 15) is 10.1 Å². The first-order chi connectivity index (χ1) is 17.6. The van der Waals surface area contributed by atoms with E-state index in [1.165, 1.54) is 38.7 Å². The maximum absolute atomic E-state index is 10.9. The van der Waals surface area contributed by atoms with Gasteiger partial charge in [0.05, 0.1) is 17.8 Å². The topological polar surface area (TPSA) is 61.6 Å². The minimum atomic E-state index is -0.373. The lowest BCUT2D eigenvalue weighted by molar-refractivity contribution is -0.384. The summed E-state index contributed by atoms with van der Waals surface area (Å²) in [5.41, 5.74) is 3.79. The van der Waals surface area contributed by atoms with Gasteiger partial charge >= 0.3 is 0 Å². The first kappa shape index (κ1) is 23.6. The number of rotatable bonds is 4. The third-order valence-electron chi connectivity index (χ3n) is 6.90. The summed E-state index contributed by atoms with van der Waals surface area (Å²) in [4.78, 5) is 10.5. The fourth-order valence-corrected chi connectivity index (χ4v) is 5.05. The SMILES string of the molecule is C1=CCOC=C1.Cc1cc([N+](=O)[O-])ccc1OCC1CCc2c(ccc3c2ccc2ccccc23)C1. The van der Waals surface area contributed by atoms with Gasteiger partial charge in [0.2, 0.25) is 0 Å². The van der Waals surface area contributed by atoms with Crippen molar-refractivity contribution < 1.29 is 14.4 Å². The lowest BCUT2D eigenvalue weighted by atomic mass is 9.81. The summed E-state index contributed by atoms with van der Waals surface area (Å²) < 4.78 is 10.9. The Labute approximate surface area is 210 Å². The third kappa shape index (κ3) is 5.10. The van der Waals surface area contributed by atoms with Crippen LogP contribution >= 0.6 is 0 Å². The molecule has 36 heavy (non-hydrogen) atoms. The molecule has 0 spiro atoms. The molecule has 0 aromatic heterocycles. The van der Waals surface area contributed by atoms with E-state index in [2.05, 4.69) is 48.5 Å².